The van der Waals surface area contributed by atoms with Crippen LogP contribution in [0, 0.1) is 0 Å². The van der Waals surface area contributed by atoms with Crippen LogP contribution < -0.4 is 0 Å². The van der Waals surface area contributed by atoms with Crippen molar-refractivity contribution < 1.29 is 9.53 Å². The van der Waals surface area contributed by atoms with Crippen LogP contribution in [-0.4, -0.2) is 36.6 Å². The molecule has 1 aliphatic rings. The van der Waals surface area contributed by atoms with Crippen molar-refractivity contribution in [2.75, 3.05) is 19.8 Å². The summed E-state index contributed by atoms with van der Waals surface area (Å²) in [5.74, 6) is 0.0500. The van der Waals surface area contributed by atoms with Crippen LogP contribution in [0.1, 0.15) is 17.3 Å². The van der Waals surface area contributed by atoms with E-state index in [1.54, 1.807) is 0 Å². The summed E-state index contributed by atoms with van der Waals surface area (Å²) in [6.07, 6.45) is 0. The lowest BCUT2D eigenvalue weighted by Crippen LogP contribution is -2.47. The molecule has 0 bridgehead atoms. The summed E-state index contributed by atoms with van der Waals surface area (Å²) in [5.41, 5.74) is 0.688. The van der Waals surface area contributed by atoms with Gasteiger partial charge in [0.25, 0.3) is 5.91 Å². The highest BCUT2D eigenvalue weighted by molar-refractivity contribution is 9.11. The van der Waals surface area contributed by atoms with E-state index < -0.39 is 0 Å². The monoisotopic (exact) mass is 361 g/mol. The summed E-state index contributed by atoms with van der Waals surface area (Å²) in [6.45, 7) is 3.88. The van der Waals surface area contributed by atoms with Crippen molar-refractivity contribution in [3.05, 3.63) is 32.7 Å². The van der Waals surface area contributed by atoms with Gasteiger partial charge in [-0.25, -0.2) is 0 Å². The van der Waals surface area contributed by atoms with Crippen molar-refractivity contribution >= 4 is 37.8 Å². The summed E-state index contributed by atoms with van der Waals surface area (Å²) >= 11 is 6.81. The Balaban J connectivity index is 2.26. The van der Waals surface area contributed by atoms with E-state index in [0.29, 0.717) is 25.3 Å². The Hall–Kier alpha value is -0.390. The summed E-state index contributed by atoms with van der Waals surface area (Å²) in [7, 11) is 0. The van der Waals surface area contributed by atoms with Crippen molar-refractivity contribution in [1.82, 2.24) is 4.90 Å². The van der Waals surface area contributed by atoms with Crippen LogP contribution in [0.3, 0.4) is 0 Å². The summed E-state index contributed by atoms with van der Waals surface area (Å²) < 4.78 is 7.07. The van der Waals surface area contributed by atoms with Gasteiger partial charge in [-0.05, 0) is 41.1 Å². The third kappa shape index (κ3) is 2.89. The van der Waals surface area contributed by atoms with Gasteiger partial charge >= 0.3 is 0 Å². The van der Waals surface area contributed by atoms with Gasteiger partial charge in [0.1, 0.15) is 0 Å². The highest BCUT2D eigenvalue weighted by Crippen LogP contribution is 2.24. The molecule has 0 N–H and O–H groups in total. The van der Waals surface area contributed by atoms with Crippen LogP contribution in [-0.2, 0) is 4.74 Å². The fourth-order valence-electron chi connectivity index (χ4n) is 1.84. The van der Waals surface area contributed by atoms with Gasteiger partial charge in [0.05, 0.1) is 24.8 Å². The van der Waals surface area contributed by atoms with Crippen LogP contribution in [0.2, 0.25) is 0 Å². The second-order valence-corrected chi connectivity index (χ2v) is 5.82. The number of hydrogen-bond donors (Lipinski definition) is 0. The molecule has 0 aliphatic carbocycles. The number of benzene rings is 1. The third-order valence-corrected chi connectivity index (χ3v) is 3.97. The minimum atomic E-state index is 0.0500. The normalized spacial score (nSPS) is 20.4. The van der Waals surface area contributed by atoms with Gasteiger partial charge < -0.3 is 9.64 Å². The van der Waals surface area contributed by atoms with E-state index in [0.717, 1.165) is 8.95 Å². The van der Waals surface area contributed by atoms with E-state index in [1.165, 1.54) is 0 Å². The van der Waals surface area contributed by atoms with Crippen LogP contribution in [0.4, 0.5) is 0 Å². The predicted octanol–water partition coefficient (Wildman–Crippen LogP) is 3.07. The minimum absolute atomic E-state index is 0.0500. The van der Waals surface area contributed by atoms with Crippen molar-refractivity contribution in [3.63, 3.8) is 0 Å². The van der Waals surface area contributed by atoms with Crippen LogP contribution in [0.5, 0.6) is 0 Å². The van der Waals surface area contributed by atoms with Gasteiger partial charge in [0.2, 0.25) is 0 Å². The van der Waals surface area contributed by atoms with Gasteiger partial charge in [0.15, 0.2) is 0 Å². The minimum Gasteiger partial charge on any atom is -0.377 e. The topological polar surface area (TPSA) is 29.5 Å². The molecule has 1 fully saturated rings. The molecule has 1 heterocycles. The maximum atomic E-state index is 12.4. The Kier molecular flexibility index (Phi) is 4.22. The second-order valence-electron chi connectivity index (χ2n) is 4.05. The average Bonchev–Trinajstić information content (AvgIpc) is 2.32. The van der Waals surface area contributed by atoms with Gasteiger partial charge in [-0.15, -0.1) is 0 Å². The van der Waals surface area contributed by atoms with Crippen LogP contribution >= 0.6 is 31.9 Å². The average molecular weight is 363 g/mol. The zero-order chi connectivity index (χ0) is 12.4. The van der Waals surface area contributed by atoms with Crippen molar-refractivity contribution in [1.29, 1.82) is 0 Å². The Morgan fingerprint density at radius 2 is 2.24 bits per heavy atom. The molecular formula is C12H13Br2NO2. The number of morpholine rings is 1. The number of carbonyl (C=O) groups excluding carboxylic acids is 1. The number of carbonyl (C=O) groups is 1. The molecule has 1 saturated heterocycles. The molecule has 5 heteroatoms. The fraction of sp³-hybridized carbons (Fsp3) is 0.417. The first-order valence-corrected chi connectivity index (χ1v) is 7.02. The van der Waals surface area contributed by atoms with Gasteiger partial charge in [-0.3, -0.25) is 4.79 Å². The molecule has 0 saturated carbocycles. The first-order valence-electron chi connectivity index (χ1n) is 5.43. The first-order chi connectivity index (χ1) is 8.09. The molecule has 2 rings (SSSR count). The van der Waals surface area contributed by atoms with Crippen LogP contribution in [0.25, 0.3) is 0 Å². The van der Waals surface area contributed by atoms with Gasteiger partial charge in [-0.1, -0.05) is 15.9 Å². The number of ether oxygens (including phenoxy) is 1. The van der Waals surface area contributed by atoms with E-state index in [-0.39, 0.29) is 11.9 Å². The highest BCUT2D eigenvalue weighted by Gasteiger charge is 2.25. The predicted molar refractivity (Wildman–Crippen MR) is 73.2 cm³/mol. The molecule has 92 valence electrons. The first kappa shape index (κ1) is 13.1. The van der Waals surface area contributed by atoms with Gasteiger partial charge in [-0.2, -0.15) is 0 Å². The second kappa shape index (κ2) is 5.50. The maximum absolute atomic E-state index is 12.4. The Labute approximate surface area is 117 Å². The summed E-state index contributed by atoms with van der Waals surface area (Å²) in [6, 6.07) is 5.75. The largest absolute Gasteiger partial charge is 0.377 e. The number of rotatable bonds is 1. The Bertz CT molecular complexity index is 437. The van der Waals surface area contributed by atoms with Crippen molar-refractivity contribution in [3.8, 4) is 0 Å². The molecule has 0 radical (unpaired) electrons. The molecular weight excluding hydrogens is 350 g/mol. The van der Waals surface area contributed by atoms with E-state index in [2.05, 4.69) is 31.9 Å². The Morgan fingerprint density at radius 1 is 1.47 bits per heavy atom. The molecule has 1 aromatic rings. The maximum Gasteiger partial charge on any atom is 0.255 e. The van der Waals surface area contributed by atoms with E-state index in [4.69, 9.17) is 4.74 Å². The number of amides is 1. The molecule has 1 aromatic carbocycles. The van der Waals surface area contributed by atoms with Gasteiger partial charge in [0, 0.05) is 15.5 Å². The number of halogens is 2. The third-order valence-electron chi connectivity index (χ3n) is 2.79. The van der Waals surface area contributed by atoms with E-state index in [9.17, 15) is 4.79 Å². The zero-order valence-corrected chi connectivity index (χ0v) is 12.6. The van der Waals surface area contributed by atoms with Crippen molar-refractivity contribution in [2.45, 2.75) is 13.0 Å². The molecule has 1 atom stereocenters. The van der Waals surface area contributed by atoms with Crippen LogP contribution in [0.15, 0.2) is 27.1 Å². The molecule has 1 aliphatic heterocycles. The Morgan fingerprint density at radius 3 is 2.94 bits per heavy atom. The van der Waals surface area contributed by atoms with E-state index >= 15 is 0 Å². The number of nitrogens with zero attached hydrogens (tertiary/aromatic N) is 1. The lowest BCUT2D eigenvalue weighted by Gasteiger charge is -2.33. The molecule has 0 unspecified atom stereocenters. The van der Waals surface area contributed by atoms with E-state index in [1.807, 2.05) is 30.0 Å². The SMILES string of the molecule is C[C@@H]1COCCN1C(=O)c1cc(Br)ccc1Br. The molecule has 0 aromatic heterocycles. The lowest BCUT2D eigenvalue weighted by molar-refractivity contribution is 0.00354. The highest BCUT2D eigenvalue weighted by atomic mass is 79.9. The smallest absolute Gasteiger partial charge is 0.255 e. The quantitative estimate of drug-likeness (QED) is 0.768. The lowest BCUT2D eigenvalue weighted by atomic mass is 10.1. The summed E-state index contributed by atoms with van der Waals surface area (Å²) in [5, 5.41) is 0. The molecule has 0 spiro atoms. The number of hydrogen-bond acceptors (Lipinski definition) is 2. The molecule has 17 heavy (non-hydrogen) atoms. The zero-order valence-electron chi connectivity index (χ0n) is 9.45. The standard InChI is InChI=1S/C12H13Br2NO2/c1-8-7-17-5-4-15(8)12(16)10-6-9(13)2-3-11(10)14/h2-3,6,8H,4-5,7H2,1H3/t8-/m1/s1. The molecule has 3 nitrogen and oxygen atoms in total. The fourth-order valence-corrected chi connectivity index (χ4v) is 2.62. The van der Waals surface area contributed by atoms with Crippen molar-refractivity contribution in [2.24, 2.45) is 0 Å². The molecule has 1 amide bonds. The summed E-state index contributed by atoms with van der Waals surface area (Å²) in [4.78, 5) is 14.3.